The molecule has 13 heavy (non-hydrogen) atoms. The van der Waals surface area contributed by atoms with Crippen LogP contribution >= 0.6 is 0 Å². The van der Waals surface area contributed by atoms with Gasteiger partial charge in [0.15, 0.2) is 0 Å². The highest BCUT2D eigenvalue weighted by Crippen LogP contribution is 2.17. The molecule has 0 aliphatic rings. The van der Waals surface area contributed by atoms with Crippen molar-refractivity contribution in [3.63, 3.8) is 0 Å². The second-order valence-corrected chi connectivity index (χ2v) is 3.68. The van der Waals surface area contributed by atoms with Crippen LogP contribution in [-0.2, 0) is 16.8 Å². The molecule has 1 heterocycles. The van der Waals surface area contributed by atoms with Gasteiger partial charge in [-0.05, 0) is 11.6 Å². The quantitative estimate of drug-likeness (QED) is 0.687. The zero-order valence-corrected chi connectivity index (χ0v) is 7.54. The predicted molar refractivity (Wildman–Crippen MR) is 48.8 cm³/mol. The molecule has 0 bridgehead atoms. The lowest BCUT2D eigenvalue weighted by molar-refractivity contribution is 0.536. The normalized spacial score (nSPS) is 13.3. The van der Waals surface area contributed by atoms with Crippen molar-refractivity contribution in [3.05, 3.63) is 36.3 Å². The van der Waals surface area contributed by atoms with E-state index in [0.29, 0.717) is 0 Å². The van der Waals surface area contributed by atoms with Crippen LogP contribution < -0.4 is 0 Å². The third-order valence-corrected chi connectivity index (χ3v) is 2.39. The zero-order valence-electron chi connectivity index (χ0n) is 6.73. The Morgan fingerprint density at radius 1 is 1.31 bits per heavy atom. The van der Waals surface area contributed by atoms with E-state index in [2.05, 4.69) is 0 Å². The van der Waals surface area contributed by atoms with Gasteiger partial charge in [-0.3, -0.25) is 4.21 Å². The molecule has 0 aliphatic carbocycles. The minimum absolute atomic E-state index is 0.0567. The minimum Gasteiger partial charge on any atom is -0.772 e. The van der Waals surface area contributed by atoms with Crippen LogP contribution in [0.3, 0.4) is 0 Å². The molecule has 1 aromatic heterocycles. The van der Waals surface area contributed by atoms with Crippen molar-refractivity contribution >= 4 is 21.9 Å². The molecule has 2 rings (SSSR count). The first-order chi connectivity index (χ1) is 6.25. The van der Waals surface area contributed by atoms with Crippen LogP contribution in [0, 0.1) is 0 Å². The first-order valence-electron chi connectivity index (χ1n) is 3.76. The largest absolute Gasteiger partial charge is 0.772 e. The number of benzene rings is 1. The Balaban J connectivity index is 2.42. The van der Waals surface area contributed by atoms with Gasteiger partial charge in [0.25, 0.3) is 0 Å². The molecule has 0 fully saturated rings. The van der Waals surface area contributed by atoms with Crippen molar-refractivity contribution in [2.24, 2.45) is 0 Å². The molecule has 0 saturated carbocycles. The van der Waals surface area contributed by atoms with Crippen LogP contribution in [0.25, 0.3) is 10.8 Å². The van der Waals surface area contributed by atoms with Crippen molar-refractivity contribution in [1.29, 1.82) is 0 Å². The SMILES string of the molecule is O=S([O-])Cc1ccc2cocc2c1. The van der Waals surface area contributed by atoms with Gasteiger partial charge < -0.3 is 8.97 Å². The first kappa shape index (κ1) is 8.47. The molecule has 1 unspecified atom stereocenters. The number of fused-ring (bicyclic) bond motifs is 1. The van der Waals surface area contributed by atoms with Gasteiger partial charge in [0, 0.05) is 16.5 Å². The monoisotopic (exact) mass is 195 g/mol. The molecule has 0 radical (unpaired) electrons. The smallest absolute Gasteiger partial charge is 0.0981 e. The Kier molecular flexibility index (Phi) is 2.16. The summed E-state index contributed by atoms with van der Waals surface area (Å²) < 4.78 is 25.8. The maximum atomic E-state index is 10.4. The molecule has 4 heteroatoms. The molecule has 0 saturated heterocycles. The van der Waals surface area contributed by atoms with E-state index in [1.807, 2.05) is 12.1 Å². The lowest BCUT2D eigenvalue weighted by Gasteiger charge is -2.03. The van der Waals surface area contributed by atoms with Gasteiger partial charge in [0.05, 0.1) is 12.5 Å². The first-order valence-corrected chi connectivity index (χ1v) is 5.01. The van der Waals surface area contributed by atoms with Gasteiger partial charge in [0.2, 0.25) is 0 Å². The summed E-state index contributed by atoms with van der Waals surface area (Å²) in [6.45, 7) is 0. The minimum atomic E-state index is -2.03. The number of hydrogen-bond acceptors (Lipinski definition) is 3. The van der Waals surface area contributed by atoms with Crippen LogP contribution in [0.2, 0.25) is 0 Å². The zero-order chi connectivity index (χ0) is 9.26. The summed E-state index contributed by atoms with van der Waals surface area (Å²) in [5.74, 6) is 0.0567. The van der Waals surface area contributed by atoms with Crippen molar-refractivity contribution in [2.45, 2.75) is 5.75 Å². The maximum Gasteiger partial charge on any atom is 0.0981 e. The fourth-order valence-corrected chi connectivity index (χ4v) is 1.69. The predicted octanol–water partition coefficient (Wildman–Crippen LogP) is 1.81. The topological polar surface area (TPSA) is 53.3 Å². The van der Waals surface area contributed by atoms with Gasteiger partial charge >= 0.3 is 0 Å². The van der Waals surface area contributed by atoms with Crippen molar-refractivity contribution in [2.75, 3.05) is 0 Å². The average molecular weight is 195 g/mol. The van der Waals surface area contributed by atoms with E-state index in [9.17, 15) is 8.76 Å². The van der Waals surface area contributed by atoms with E-state index in [1.54, 1.807) is 18.6 Å². The van der Waals surface area contributed by atoms with Crippen LogP contribution in [0.4, 0.5) is 0 Å². The van der Waals surface area contributed by atoms with Gasteiger partial charge in [-0.25, -0.2) is 0 Å². The van der Waals surface area contributed by atoms with Crippen LogP contribution in [0.1, 0.15) is 5.56 Å². The number of hydrogen-bond donors (Lipinski definition) is 0. The Hall–Kier alpha value is -1.13. The summed E-state index contributed by atoms with van der Waals surface area (Å²) in [4.78, 5) is 0. The Bertz CT molecular complexity index is 447. The molecule has 68 valence electrons. The van der Waals surface area contributed by atoms with E-state index in [0.717, 1.165) is 16.3 Å². The van der Waals surface area contributed by atoms with Crippen molar-refractivity contribution in [1.82, 2.24) is 0 Å². The highest BCUT2D eigenvalue weighted by atomic mass is 32.2. The standard InChI is InChI=1S/C9H8O3S/c10-13(11)6-7-1-2-8-4-12-5-9(8)3-7/h1-5H,6H2,(H,10,11)/p-1. The van der Waals surface area contributed by atoms with Crippen molar-refractivity contribution in [3.8, 4) is 0 Å². The molecule has 0 amide bonds. The van der Waals surface area contributed by atoms with Crippen LogP contribution in [-0.4, -0.2) is 8.76 Å². The number of rotatable bonds is 2. The van der Waals surface area contributed by atoms with Gasteiger partial charge in [0.1, 0.15) is 0 Å². The lowest BCUT2D eigenvalue weighted by Crippen LogP contribution is -1.92. The van der Waals surface area contributed by atoms with E-state index < -0.39 is 11.1 Å². The Morgan fingerprint density at radius 3 is 2.85 bits per heavy atom. The van der Waals surface area contributed by atoms with Crippen LogP contribution in [0.15, 0.2) is 35.1 Å². The number of furan rings is 1. The summed E-state index contributed by atoms with van der Waals surface area (Å²) in [7, 11) is 0. The molecular weight excluding hydrogens is 188 g/mol. The molecule has 0 aliphatic heterocycles. The summed E-state index contributed by atoms with van der Waals surface area (Å²) >= 11 is -2.03. The Morgan fingerprint density at radius 2 is 2.08 bits per heavy atom. The molecule has 1 aromatic carbocycles. The average Bonchev–Trinajstić information content (AvgIpc) is 2.49. The van der Waals surface area contributed by atoms with Crippen LogP contribution in [0.5, 0.6) is 0 Å². The summed E-state index contributed by atoms with van der Waals surface area (Å²) in [5, 5.41) is 1.92. The molecule has 0 spiro atoms. The van der Waals surface area contributed by atoms with Crippen molar-refractivity contribution < 1.29 is 13.2 Å². The van der Waals surface area contributed by atoms with E-state index in [-0.39, 0.29) is 5.75 Å². The molecular formula is C9H7O3S-. The second-order valence-electron chi connectivity index (χ2n) is 2.78. The molecule has 2 aromatic rings. The molecule has 1 atom stereocenters. The maximum absolute atomic E-state index is 10.4. The fraction of sp³-hybridized carbons (Fsp3) is 0.111. The molecule has 3 nitrogen and oxygen atoms in total. The third-order valence-electron chi connectivity index (χ3n) is 1.83. The lowest BCUT2D eigenvalue weighted by atomic mass is 10.1. The van der Waals surface area contributed by atoms with Gasteiger partial charge in [-0.15, -0.1) is 0 Å². The second kappa shape index (κ2) is 3.32. The fourth-order valence-electron chi connectivity index (χ4n) is 1.24. The summed E-state index contributed by atoms with van der Waals surface area (Å²) in [5.41, 5.74) is 0.780. The Labute approximate surface area is 77.6 Å². The highest BCUT2D eigenvalue weighted by Gasteiger charge is 1.97. The third kappa shape index (κ3) is 1.79. The van der Waals surface area contributed by atoms with E-state index in [1.165, 1.54) is 0 Å². The van der Waals surface area contributed by atoms with E-state index >= 15 is 0 Å². The van der Waals surface area contributed by atoms with Gasteiger partial charge in [-0.1, -0.05) is 23.2 Å². The van der Waals surface area contributed by atoms with E-state index in [4.69, 9.17) is 4.42 Å². The highest BCUT2D eigenvalue weighted by molar-refractivity contribution is 7.78. The molecule has 0 N–H and O–H groups in total. The van der Waals surface area contributed by atoms with Gasteiger partial charge in [-0.2, -0.15) is 0 Å². The summed E-state index contributed by atoms with van der Waals surface area (Å²) in [6.07, 6.45) is 3.24. The summed E-state index contributed by atoms with van der Waals surface area (Å²) in [6, 6.07) is 5.45.